The van der Waals surface area contributed by atoms with E-state index in [0.717, 1.165) is 5.56 Å². The fourth-order valence-electron chi connectivity index (χ4n) is 1.77. The minimum absolute atomic E-state index is 0.0477. The Bertz CT molecular complexity index is 402. The first-order chi connectivity index (χ1) is 8.16. The lowest BCUT2D eigenvalue weighted by Gasteiger charge is -2.17. The molecular weight excluding hydrogens is 222 g/mol. The van der Waals surface area contributed by atoms with Crippen molar-refractivity contribution in [2.45, 2.75) is 19.4 Å². The molecule has 6 nitrogen and oxygen atoms in total. The van der Waals surface area contributed by atoms with Crippen LogP contribution in [0.15, 0.2) is 23.0 Å². The molecule has 1 unspecified atom stereocenters. The zero-order chi connectivity index (χ0) is 12.3. The highest BCUT2D eigenvalue weighted by Crippen LogP contribution is 2.05. The molecule has 6 heteroatoms. The molecular formula is C11H15N3O3. The Morgan fingerprint density at radius 1 is 1.71 bits per heavy atom. The summed E-state index contributed by atoms with van der Waals surface area (Å²) < 4.78 is 4.95. The van der Waals surface area contributed by atoms with Crippen molar-refractivity contribution < 1.29 is 14.0 Å². The van der Waals surface area contributed by atoms with E-state index in [-0.39, 0.29) is 18.1 Å². The standard InChI is InChI=1S/C11H15N3O3/c1-8(6-9-2-5-17-7-9)13-11(16)14-4-3-12-10(14)15/h2,5,7-8H,3-4,6H2,1H3,(H,12,15)(H,13,16). The van der Waals surface area contributed by atoms with Gasteiger partial charge in [-0.15, -0.1) is 0 Å². The average molecular weight is 237 g/mol. The first-order valence-electron chi connectivity index (χ1n) is 5.54. The van der Waals surface area contributed by atoms with Crippen molar-refractivity contribution in [2.24, 2.45) is 0 Å². The zero-order valence-corrected chi connectivity index (χ0v) is 9.60. The molecule has 1 atom stereocenters. The van der Waals surface area contributed by atoms with Crippen molar-refractivity contribution in [1.82, 2.24) is 15.5 Å². The lowest BCUT2D eigenvalue weighted by molar-refractivity contribution is 0.196. The normalized spacial score (nSPS) is 16.8. The number of hydrogen-bond acceptors (Lipinski definition) is 3. The minimum Gasteiger partial charge on any atom is -0.472 e. The summed E-state index contributed by atoms with van der Waals surface area (Å²) in [5, 5.41) is 5.36. The predicted molar refractivity (Wildman–Crippen MR) is 60.5 cm³/mol. The zero-order valence-electron chi connectivity index (χ0n) is 9.60. The summed E-state index contributed by atoms with van der Waals surface area (Å²) in [6.45, 7) is 2.82. The number of urea groups is 2. The van der Waals surface area contributed by atoms with Gasteiger partial charge in [0.25, 0.3) is 0 Å². The van der Waals surface area contributed by atoms with E-state index in [1.54, 1.807) is 12.5 Å². The van der Waals surface area contributed by atoms with Crippen LogP contribution in [0.4, 0.5) is 9.59 Å². The van der Waals surface area contributed by atoms with E-state index in [1.807, 2.05) is 13.0 Å². The van der Waals surface area contributed by atoms with E-state index < -0.39 is 0 Å². The van der Waals surface area contributed by atoms with E-state index in [1.165, 1.54) is 4.90 Å². The maximum atomic E-state index is 11.7. The number of nitrogens with one attached hydrogen (secondary N) is 2. The summed E-state index contributed by atoms with van der Waals surface area (Å²) in [6, 6.07) is 1.12. The second-order valence-electron chi connectivity index (χ2n) is 4.07. The molecule has 17 heavy (non-hydrogen) atoms. The lowest BCUT2D eigenvalue weighted by Crippen LogP contribution is -2.45. The summed E-state index contributed by atoms with van der Waals surface area (Å²) in [5.74, 6) is 0. The van der Waals surface area contributed by atoms with Gasteiger partial charge in [-0.25, -0.2) is 14.5 Å². The molecule has 0 saturated carbocycles. The van der Waals surface area contributed by atoms with E-state index in [2.05, 4.69) is 10.6 Å². The smallest absolute Gasteiger partial charge is 0.325 e. The van der Waals surface area contributed by atoms with Crippen LogP contribution in [0.25, 0.3) is 0 Å². The molecule has 0 radical (unpaired) electrons. The van der Waals surface area contributed by atoms with E-state index >= 15 is 0 Å². The van der Waals surface area contributed by atoms with Gasteiger partial charge >= 0.3 is 12.1 Å². The van der Waals surface area contributed by atoms with Crippen molar-refractivity contribution in [3.8, 4) is 0 Å². The van der Waals surface area contributed by atoms with Crippen LogP contribution in [0, 0.1) is 0 Å². The first-order valence-corrected chi connectivity index (χ1v) is 5.54. The summed E-state index contributed by atoms with van der Waals surface area (Å²) in [4.78, 5) is 24.2. The Balaban J connectivity index is 1.84. The fourth-order valence-corrected chi connectivity index (χ4v) is 1.77. The molecule has 1 aromatic rings. The predicted octanol–water partition coefficient (Wildman–Crippen LogP) is 0.945. The summed E-state index contributed by atoms with van der Waals surface area (Å²) >= 11 is 0. The van der Waals surface area contributed by atoms with Crippen LogP contribution in [-0.4, -0.2) is 36.1 Å². The van der Waals surface area contributed by atoms with Gasteiger partial charge < -0.3 is 15.1 Å². The molecule has 0 aliphatic carbocycles. The number of nitrogens with zero attached hydrogens (tertiary/aromatic N) is 1. The molecule has 1 aliphatic rings. The van der Waals surface area contributed by atoms with Crippen molar-refractivity contribution in [1.29, 1.82) is 0 Å². The minimum atomic E-state index is -0.351. The van der Waals surface area contributed by atoms with Crippen LogP contribution < -0.4 is 10.6 Å². The molecule has 1 saturated heterocycles. The maximum absolute atomic E-state index is 11.7. The quantitative estimate of drug-likeness (QED) is 0.821. The Hall–Kier alpha value is -1.98. The highest BCUT2D eigenvalue weighted by molar-refractivity contribution is 5.95. The second kappa shape index (κ2) is 4.90. The SMILES string of the molecule is CC(Cc1ccoc1)NC(=O)N1CCNC1=O. The monoisotopic (exact) mass is 237 g/mol. The topological polar surface area (TPSA) is 74.6 Å². The van der Waals surface area contributed by atoms with Gasteiger partial charge in [-0.05, 0) is 25.0 Å². The molecule has 2 N–H and O–H groups in total. The summed E-state index contributed by atoms with van der Waals surface area (Å²) in [7, 11) is 0. The van der Waals surface area contributed by atoms with Crippen LogP contribution >= 0.6 is 0 Å². The van der Waals surface area contributed by atoms with Crippen molar-refractivity contribution in [2.75, 3.05) is 13.1 Å². The molecule has 2 rings (SSSR count). The molecule has 2 heterocycles. The van der Waals surface area contributed by atoms with Crippen LogP contribution in [0.3, 0.4) is 0 Å². The Labute approximate surface area is 99.0 Å². The molecule has 92 valence electrons. The van der Waals surface area contributed by atoms with Crippen molar-refractivity contribution >= 4 is 12.1 Å². The molecule has 4 amide bonds. The largest absolute Gasteiger partial charge is 0.472 e. The van der Waals surface area contributed by atoms with Gasteiger partial charge in [0, 0.05) is 19.1 Å². The number of imide groups is 1. The van der Waals surface area contributed by atoms with Crippen molar-refractivity contribution in [3.63, 3.8) is 0 Å². The third-order valence-corrected chi connectivity index (χ3v) is 2.59. The molecule has 0 spiro atoms. The second-order valence-corrected chi connectivity index (χ2v) is 4.07. The van der Waals surface area contributed by atoms with E-state index in [0.29, 0.717) is 19.5 Å². The van der Waals surface area contributed by atoms with Gasteiger partial charge in [-0.3, -0.25) is 0 Å². The first kappa shape index (κ1) is 11.5. The third kappa shape index (κ3) is 2.77. The Morgan fingerprint density at radius 2 is 2.53 bits per heavy atom. The van der Waals surface area contributed by atoms with Crippen LogP contribution in [0.2, 0.25) is 0 Å². The fraction of sp³-hybridized carbons (Fsp3) is 0.455. The number of rotatable bonds is 3. The van der Waals surface area contributed by atoms with E-state index in [9.17, 15) is 9.59 Å². The van der Waals surface area contributed by atoms with Gasteiger partial charge in [0.15, 0.2) is 0 Å². The number of furan rings is 1. The average Bonchev–Trinajstić information content (AvgIpc) is 2.88. The summed E-state index contributed by atoms with van der Waals surface area (Å²) in [5.41, 5.74) is 1.02. The lowest BCUT2D eigenvalue weighted by atomic mass is 10.1. The third-order valence-electron chi connectivity index (χ3n) is 2.59. The van der Waals surface area contributed by atoms with Crippen LogP contribution in [0.5, 0.6) is 0 Å². The molecule has 0 bridgehead atoms. The number of carbonyl (C=O) groups excluding carboxylic acids is 2. The van der Waals surface area contributed by atoms with Gasteiger partial charge in [0.2, 0.25) is 0 Å². The van der Waals surface area contributed by atoms with E-state index in [4.69, 9.17) is 4.42 Å². The number of carbonyl (C=O) groups is 2. The molecule has 0 aromatic carbocycles. The Kier molecular flexibility index (Phi) is 3.32. The Morgan fingerprint density at radius 3 is 3.12 bits per heavy atom. The number of amides is 4. The van der Waals surface area contributed by atoms with Crippen LogP contribution in [-0.2, 0) is 6.42 Å². The van der Waals surface area contributed by atoms with Gasteiger partial charge in [0.05, 0.1) is 12.5 Å². The van der Waals surface area contributed by atoms with Gasteiger partial charge in [-0.2, -0.15) is 0 Å². The van der Waals surface area contributed by atoms with Gasteiger partial charge in [0.1, 0.15) is 0 Å². The summed E-state index contributed by atoms with van der Waals surface area (Å²) in [6.07, 6.45) is 3.92. The van der Waals surface area contributed by atoms with Crippen molar-refractivity contribution in [3.05, 3.63) is 24.2 Å². The van der Waals surface area contributed by atoms with Crippen LogP contribution in [0.1, 0.15) is 12.5 Å². The molecule has 1 aromatic heterocycles. The van der Waals surface area contributed by atoms with Gasteiger partial charge in [-0.1, -0.05) is 0 Å². The molecule has 1 aliphatic heterocycles. The maximum Gasteiger partial charge on any atom is 0.325 e. The highest BCUT2D eigenvalue weighted by Gasteiger charge is 2.26. The highest BCUT2D eigenvalue weighted by atomic mass is 16.3. The number of hydrogen-bond donors (Lipinski definition) is 2. The molecule has 1 fully saturated rings.